The Kier molecular flexibility index (Phi) is 1.96. The van der Waals surface area contributed by atoms with Crippen molar-refractivity contribution in [3.8, 4) is 0 Å². The SMILES string of the molecule is CC(C)c1ncc2ccc(Cl)nn12. The van der Waals surface area contributed by atoms with Gasteiger partial charge in [0.2, 0.25) is 0 Å². The third kappa shape index (κ3) is 1.40. The maximum Gasteiger partial charge on any atom is 0.150 e. The molecule has 68 valence electrons. The second kappa shape index (κ2) is 3.00. The van der Waals surface area contributed by atoms with E-state index < -0.39 is 0 Å². The molecule has 0 unspecified atom stereocenters. The fraction of sp³-hybridized carbons (Fsp3) is 0.333. The highest BCUT2D eigenvalue weighted by molar-refractivity contribution is 6.29. The molecule has 2 aromatic rings. The molecule has 0 aliphatic heterocycles. The van der Waals surface area contributed by atoms with Gasteiger partial charge in [0.1, 0.15) is 11.0 Å². The lowest BCUT2D eigenvalue weighted by atomic mass is 10.2. The second-order valence-electron chi connectivity index (χ2n) is 3.26. The summed E-state index contributed by atoms with van der Waals surface area (Å²) >= 11 is 5.79. The van der Waals surface area contributed by atoms with Crippen LogP contribution in [0, 0.1) is 0 Å². The minimum absolute atomic E-state index is 0.355. The van der Waals surface area contributed by atoms with Crippen molar-refractivity contribution >= 4 is 17.1 Å². The fourth-order valence-electron chi connectivity index (χ4n) is 1.27. The minimum atomic E-state index is 0.355. The number of imidazole rings is 1. The van der Waals surface area contributed by atoms with E-state index in [2.05, 4.69) is 23.9 Å². The summed E-state index contributed by atoms with van der Waals surface area (Å²) < 4.78 is 1.78. The van der Waals surface area contributed by atoms with Crippen molar-refractivity contribution in [2.24, 2.45) is 0 Å². The van der Waals surface area contributed by atoms with Gasteiger partial charge in [-0.1, -0.05) is 25.4 Å². The van der Waals surface area contributed by atoms with E-state index >= 15 is 0 Å². The Bertz CT molecular complexity index is 433. The summed E-state index contributed by atoms with van der Waals surface area (Å²) in [7, 11) is 0. The highest BCUT2D eigenvalue weighted by atomic mass is 35.5. The molecule has 0 aromatic carbocycles. The molecule has 2 heterocycles. The molecule has 0 amide bonds. The van der Waals surface area contributed by atoms with E-state index in [4.69, 9.17) is 11.6 Å². The molecule has 0 N–H and O–H groups in total. The van der Waals surface area contributed by atoms with Crippen molar-refractivity contribution < 1.29 is 0 Å². The first-order chi connectivity index (χ1) is 6.18. The van der Waals surface area contributed by atoms with Gasteiger partial charge in [0.15, 0.2) is 0 Å². The molecule has 0 saturated heterocycles. The van der Waals surface area contributed by atoms with Crippen LogP contribution in [0.15, 0.2) is 18.3 Å². The van der Waals surface area contributed by atoms with Gasteiger partial charge < -0.3 is 0 Å². The zero-order valence-electron chi connectivity index (χ0n) is 7.53. The van der Waals surface area contributed by atoms with E-state index in [1.54, 1.807) is 16.8 Å². The number of nitrogens with zero attached hydrogens (tertiary/aromatic N) is 3. The zero-order chi connectivity index (χ0) is 9.42. The highest BCUT2D eigenvalue weighted by Gasteiger charge is 2.08. The van der Waals surface area contributed by atoms with E-state index in [-0.39, 0.29) is 0 Å². The molecule has 0 aliphatic rings. The van der Waals surface area contributed by atoms with E-state index in [0.29, 0.717) is 11.1 Å². The van der Waals surface area contributed by atoms with Gasteiger partial charge in [0.25, 0.3) is 0 Å². The molecule has 3 nitrogen and oxygen atoms in total. The van der Waals surface area contributed by atoms with E-state index in [1.165, 1.54) is 0 Å². The average molecular weight is 196 g/mol. The molecule has 0 aliphatic carbocycles. The second-order valence-corrected chi connectivity index (χ2v) is 3.65. The molecule has 4 heteroatoms. The minimum Gasteiger partial charge on any atom is -0.239 e. The molecule has 13 heavy (non-hydrogen) atoms. The summed E-state index contributed by atoms with van der Waals surface area (Å²) in [6, 6.07) is 3.68. The quantitative estimate of drug-likeness (QED) is 0.700. The number of hydrogen-bond donors (Lipinski definition) is 0. The van der Waals surface area contributed by atoms with Crippen molar-refractivity contribution in [1.29, 1.82) is 0 Å². The Balaban J connectivity index is 2.71. The van der Waals surface area contributed by atoms with E-state index in [1.807, 2.05) is 6.07 Å². The van der Waals surface area contributed by atoms with Gasteiger partial charge in [0, 0.05) is 5.92 Å². The van der Waals surface area contributed by atoms with Gasteiger partial charge in [-0.2, -0.15) is 5.10 Å². The maximum absolute atomic E-state index is 5.79. The highest BCUT2D eigenvalue weighted by Crippen LogP contribution is 2.15. The molecule has 0 fully saturated rings. The van der Waals surface area contributed by atoms with E-state index in [9.17, 15) is 0 Å². The molecule has 2 aromatic heterocycles. The van der Waals surface area contributed by atoms with Gasteiger partial charge in [-0.05, 0) is 12.1 Å². The summed E-state index contributed by atoms with van der Waals surface area (Å²) in [5.74, 6) is 1.30. The first kappa shape index (κ1) is 8.51. The van der Waals surface area contributed by atoms with Crippen LogP contribution in [0.1, 0.15) is 25.6 Å². The monoisotopic (exact) mass is 195 g/mol. The first-order valence-corrected chi connectivity index (χ1v) is 4.56. The third-order valence-corrected chi connectivity index (χ3v) is 2.10. The van der Waals surface area contributed by atoms with E-state index in [0.717, 1.165) is 11.3 Å². The van der Waals surface area contributed by atoms with Crippen LogP contribution in [0.4, 0.5) is 0 Å². The van der Waals surface area contributed by atoms with Crippen LogP contribution < -0.4 is 0 Å². The van der Waals surface area contributed by atoms with Crippen molar-refractivity contribution in [1.82, 2.24) is 14.6 Å². The lowest BCUT2D eigenvalue weighted by molar-refractivity contribution is 0.726. The fourth-order valence-corrected chi connectivity index (χ4v) is 1.41. The Morgan fingerprint density at radius 2 is 2.15 bits per heavy atom. The molecule has 0 radical (unpaired) electrons. The summed E-state index contributed by atoms with van der Waals surface area (Å²) in [5.41, 5.74) is 0.980. The molecule has 0 spiro atoms. The maximum atomic E-state index is 5.79. The molecule has 0 saturated carbocycles. The lowest BCUT2D eigenvalue weighted by Gasteiger charge is -2.02. The first-order valence-electron chi connectivity index (χ1n) is 4.18. The van der Waals surface area contributed by atoms with Crippen LogP contribution in [-0.2, 0) is 0 Å². The molecule has 2 rings (SSSR count). The Morgan fingerprint density at radius 3 is 2.85 bits per heavy atom. The predicted octanol–water partition coefficient (Wildman–Crippen LogP) is 2.51. The van der Waals surface area contributed by atoms with Crippen LogP contribution in [0.3, 0.4) is 0 Å². The van der Waals surface area contributed by atoms with Crippen LogP contribution in [-0.4, -0.2) is 14.6 Å². The van der Waals surface area contributed by atoms with Gasteiger partial charge in [0.05, 0.1) is 11.7 Å². The van der Waals surface area contributed by atoms with Crippen molar-refractivity contribution in [3.63, 3.8) is 0 Å². The number of aromatic nitrogens is 3. The Hall–Kier alpha value is -1.09. The van der Waals surface area contributed by atoms with Crippen molar-refractivity contribution in [3.05, 3.63) is 29.3 Å². The number of fused-ring (bicyclic) bond motifs is 1. The standard InChI is InChI=1S/C9H10ClN3/c1-6(2)9-11-5-7-3-4-8(10)12-13(7)9/h3-6H,1-2H3. The van der Waals surface area contributed by atoms with Crippen LogP contribution >= 0.6 is 11.6 Å². The Morgan fingerprint density at radius 1 is 1.38 bits per heavy atom. The van der Waals surface area contributed by atoms with Gasteiger partial charge in [-0.25, -0.2) is 9.50 Å². The van der Waals surface area contributed by atoms with Gasteiger partial charge in [-0.15, -0.1) is 0 Å². The third-order valence-electron chi connectivity index (χ3n) is 1.89. The van der Waals surface area contributed by atoms with Crippen LogP contribution in [0.2, 0.25) is 5.15 Å². The normalized spacial score (nSPS) is 11.4. The van der Waals surface area contributed by atoms with Gasteiger partial charge in [-0.3, -0.25) is 0 Å². The Labute approximate surface area is 81.4 Å². The summed E-state index contributed by atoms with van der Waals surface area (Å²) in [5, 5.41) is 4.67. The number of hydrogen-bond acceptors (Lipinski definition) is 2. The van der Waals surface area contributed by atoms with Crippen LogP contribution in [0.5, 0.6) is 0 Å². The smallest absolute Gasteiger partial charge is 0.150 e. The number of rotatable bonds is 1. The van der Waals surface area contributed by atoms with Gasteiger partial charge >= 0.3 is 0 Å². The van der Waals surface area contributed by atoms with Crippen molar-refractivity contribution in [2.75, 3.05) is 0 Å². The summed E-state index contributed by atoms with van der Waals surface area (Å²) in [6.07, 6.45) is 1.80. The summed E-state index contributed by atoms with van der Waals surface area (Å²) in [6.45, 7) is 4.16. The van der Waals surface area contributed by atoms with Crippen LogP contribution in [0.25, 0.3) is 5.52 Å². The summed E-state index contributed by atoms with van der Waals surface area (Å²) in [4.78, 5) is 4.28. The predicted molar refractivity (Wildman–Crippen MR) is 52.1 cm³/mol. The largest absolute Gasteiger partial charge is 0.239 e. The molecular formula is C9H10ClN3. The molecule has 0 bridgehead atoms. The van der Waals surface area contributed by atoms with Crippen molar-refractivity contribution in [2.45, 2.75) is 19.8 Å². The molecular weight excluding hydrogens is 186 g/mol. The average Bonchev–Trinajstić information content (AvgIpc) is 2.46. The number of halogens is 1. The topological polar surface area (TPSA) is 30.2 Å². The lowest BCUT2D eigenvalue weighted by Crippen LogP contribution is -2.00. The molecule has 0 atom stereocenters. The zero-order valence-corrected chi connectivity index (χ0v) is 8.28.